The molecule has 0 aliphatic carbocycles. The van der Waals surface area contributed by atoms with Crippen LogP contribution in [0.3, 0.4) is 0 Å². The van der Waals surface area contributed by atoms with Crippen molar-refractivity contribution in [3.05, 3.63) is 0 Å². The van der Waals surface area contributed by atoms with Gasteiger partial charge < -0.3 is 10.4 Å². The van der Waals surface area contributed by atoms with Crippen molar-refractivity contribution < 1.29 is 9.90 Å². The number of aliphatic hydroxyl groups is 1. The first kappa shape index (κ1) is 25.4. The van der Waals surface area contributed by atoms with Crippen molar-refractivity contribution in [1.29, 1.82) is 0 Å². The Bertz CT molecular complexity index is 294. The number of nitrogens with one attached hydrogen (secondary N) is 1. The van der Waals surface area contributed by atoms with Crippen LogP contribution in [0.25, 0.3) is 0 Å². The van der Waals surface area contributed by atoms with Gasteiger partial charge in [-0.3, -0.25) is 4.79 Å². The summed E-state index contributed by atoms with van der Waals surface area (Å²) in [5, 5.41) is 12.2. The van der Waals surface area contributed by atoms with Crippen LogP contribution in [-0.4, -0.2) is 23.7 Å². The van der Waals surface area contributed by atoms with E-state index < -0.39 is 0 Å². The van der Waals surface area contributed by atoms with E-state index in [1.165, 1.54) is 77.0 Å². The minimum absolute atomic E-state index is 0.0471. The van der Waals surface area contributed by atoms with E-state index in [1.54, 1.807) is 0 Å². The summed E-state index contributed by atoms with van der Waals surface area (Å²) in [5.74, 6) is 0.110. The van der Waals surface area contributed by atoms with Crippen molar-refractivity contribution in [2.75, 3.05) is 6.61 Å². The second kappa shape index (κ2) is 20.7. The Kier molecular flexibility index (Phi) is 20.3. The fourth-order valence-corrected chi connectivity index (χ4v) is 3.44. The van der Waals surface area contributed by atoms with Gasteiger partial charge in [-0.2, -0.15) is 0 Å². The van der Waals surface area contributed by atoms with Gasteiger partial charge in [-0.15, -0.1) is 0 Å². The van der Waals surface area contributed by atoms with Crippen LogP contribution in [0.2, 0.25) is 0 Å². The van der Waals surface area contributed by atoms with Crippen LogP contribution in [0, 0.1) is 0 Å². The zero-order valence-electron chi connectivity index (χ0n) is 17.9. The molecule has 1 unspecified atom stereocenters. The smallest absolute Gasteiger partial charge is 0.220 e. The van der Waals surface area contributed by atoms with Crippen LogP contribution in [0.4, 0.5) is 0 Å². The first-order chi connectivity index (χ1) is 12.7. The lowest BCUT2D eigenvalue weighted by Crippen LogP contribution is -2.37. The zero-order valence-corrected chi connectivity index (χ0v) is 17.9. The van der Waals surface area contributed by atoms with Crippen LogP contribution >= 0.6 is 0 Å². The molecule has 0 aliphatic heterocycles. The quantitative estimate of drug-likeness (QED) is 0.240. The summed E-state index contributed by atoms with van der Waals surface area (Å²) in [4.78, 5) is 11.9. The highest BCUT2D eigenvalue weighted by Gasteiger charge is 2.10. The molecule has 0 aliphatic rings. The van der Waals surface area contributed by atoms with E-state index in [9.17, 15) is 9.90 Å². The molecule has 1 atom stereocenters. The summed E-state index contributed by atoms with van der Waals surface area (Å²) in [6.45, 7) is 4.46. The summed E-state index contributed by atoms with van der Waals surface area (Å²) < 4.78 is 0. The molecule has 0 aromatic rings. The van der Waals surface area contributed by atoms with Crippen LogP contribution in [0.15, 0.2) is 0 Å². The summed E-state index contributed by atoms with van der Waals surface area (Å²) in [7, 11) is 0. The molecule has 0 rings (SSSR count). The molecule has 0 aromatic heterocycles. The molecule has 2 N–H and O–H groups in total. The van der Waals surface area contributed by atoms with Crippen LogP contribution < -0.4 is 5.32 Å². The minimum atomic E-state index is -0.0471. The Hall–Kier alpha value is -0.570. The van der Waals surface area contributed by atoms with E-state index in [2.05, 4.69) is 19.2 Å². The second-order valence-electron chi connectivity index (χ2n) is 7.94. The molecule has 0 heterocycles. The summed E-state index contributed by atoms with van der Waals surface area (Å²) >= 11 is 0. The van der Waals surface area contributed by atoms with Gasteiger partial charge in [-0.05, 0) is 12.8 Å². The third kappa shape index (κ3) is 18.2. The number of hydrogen-bond donors (Lipinski definition) is 2. The summed E-state index contributed by atoms with van der Waals surface area (Å²) in [5.41, 5.74) is 0. The van der Waals surface area contributed by atoms with Crippen molar-refractivity contribution in [2.24, 2.45) is 0 Å². The minimum Gasteiger partial charge on any atom is -0.394 e. The van der Waals surface area contributed by atoms with E-state index in [-0.39, 0.29) is 18.6 Å². The molecule has 0 fully saturated rings. The highest BCUT2D eigenvalue weighted by molar-refractivity contribution is 5.76. The fourth-order valence-electron chi connectivity index (χ4n) is 3.44. The molecule has 0 spiro atoms. The average molecular weight is 370 g/mol. The number of amides is 1. The first-order valence-electron chi connectivity index (χ1n) is 11.6. The number of carbonyl (C=O) groups excluding carboxylic acids is 1. The SMILES string of the molecule is CCCCCCCCCCCCCCCCC(=O)NC(CO)CCCC. The molecule has 1 amide bonds. The highest BCUT2D eigenvalue weighted by Crippen LogP contribution is 2.13. The number of rotatable bonds is 20. The third-order valence-electron chi connectivity index (χ3n) is 5.25. The van der Waals surface area contributed by atoms with Crippen molar-refractivity contribution in [3.8, 4) is 0 Å². The third-order valence-corrected chi connectivity index (χ3v) is 5.25. The lowest BCUT2D eigenvalue weighted by molar-refractivity contribution is -0.122. The zero-order chi connectivity index (χ0) is 19.3. The lowest BCUT2D eigenvalue weighted by atomic mass is 10.0. The molecule has 0 saturated carbocycles. The topological polar surface area (TPSA) is 49.3 Å². The monoisotopic (exact) mass is 369 g/mol. The van der Waals surface area contributed by atoms with Gasteiger partial charge in [0.2, 0.25) is 5.91 Å². The van der Waals surface area contributed by atoms with Gasteiger partial charge in [0.25, 0.3) is 0 Å². The Morgan fingerprint density at radius 2 is 1.12 bits per heavy atom. The van der Waals surface area contributed by atoms with Crippen LogP contribution in [0.1, 0.15) is 129 Å². The molecule has 156 valence electrons. The first-order valence-corrected chi connectivity index (χ1v) is 11.6. The van der Waals surface area contributed by atoms with E-state index >= 15 is 0 Å². The molecule has 0 saturated heterocycles. The normalized spacial score (nSPS) is 12.3. The number of aliphatic hydroxyl groups excluding tert-OH is 1. The molecule has 3 heteroatoms. The van der Waals surface area contributed by atoms with E-state index in [4.69, 9.17) is 0 Å². The Morgan fingerprint density at radius 1 is 0.692 bits per heavy atom. The molecular formula is C23H47NO2. The van der Waals surface area contributed by atoms with Gasteiger partial charge in [0, 0.05) is 6.42 Å². The predicted octanol–water partition coefficient (Wildman–Crippen LogP) is 6.53. The molecule has 26 heavy (non-hydrogen) atoms. The van der Waals surface area contributed by atoms with Gasteiger partial charge in [0.15, 0.2) is 0 Å². The maximum absolute atomic E-state index is 11.9. The maximum Gasteiger partial charge on any atom is 0.220 e. The molecule has 0 aromatic carbocycles. The highest BCUT2D eigenvalue weighted by atomic mass is 16.3. The number of carbonyl (C=O) groups is 1. The predicted molar refractivity (Wildman–Crippen MR) is 113 cm³/mol. The van der Waals surface area contributed by atoms with Gasteiger partial charge in [-0.1, -0.05) is 110 Å². The molecule has 3 nitrogen and oxygen atoms in total. The van der Waals surface area contributed by atoms with Crippen molar-refractivity contribution in [2.45, 2.75) is 135 Å². The molecule has 0 bridgehead atoms. The van der Waals surface area contributed by atoms with Crippen LogP contribution in [0.5, 0.6) is 0 Å². The van der Waals surface area contributed by atoms with Gasteiger partial charge in [-0.25, -0.2) is 0 Å². The summed E-state index contributed by atoms with van der Waals surface area (Å²) in [6, 6.07) is -0.0471. The van der Waals surface area contributed by atoms with Crippen molar-refractivity contribution >= 4 is 5.91 Å². The van der Waals surface area contributed by atoms with E-state index in [0.29, 0.717) is 6.42 Å². The Balaban J connectivity index is 3.28. The standard InChI is InChI=1S/C23H47NO2/c1-3-5-7-8-9-10-11-12-13-14-15-16-17-18-20-23(26)24-22(21-25)19-6-4-2/h22,25H,3-21H2,1-2H3,(H,24,26). The van der Waals surface area contributed by atoms with E-state index in [1.807, 2.05) is 0 Å². The Labute approximate surface area is 163 Å². The second-order valence-corrected chi connectivity index (χ2v) is 7.94. The van der Waals surface area contributed by atoms with Gasteiger partial charge >= 0.3 is 0 Å². The Morgan fingerprint density at radius 3 is 1.54 bits per heavy atom. The summed E-state index contributed by atoms with van der Waals surface area (Å²) in [6.07, 6.45) is 22.4. The largest absolute Gasteiger partial charge is 0.394 e. The number of unbranched alkanes of at least 4 members (excludes halogenated alkanes) is 14. The maximum atomic E-state index is 11.9. The van der Waals surface area contributed by atoms with Gasteiger partial charge in [0.05, 0.1) is 12.6 Å². The number of hydrogen-bond acceptors (Lipinski definition) is 2. The van der Waals surface area contributed by atoms with Crippen LogP contribution in [-0.2, 0) is 4.79 Å². The fraction of sp³-hybridized carbons (Fsp3) is 0.957. The van der Waals surface area contributed by atoms with Crippen molar-refractivity contribution in [1.82, 2.24) is 5.32 Å². The van der Waals surface area contributed by atoms with Gasteiger partial charge in [0.1, 0.15) is 0 Å². The average Bonchev–Trinajstić information content (AvgIpc) is 2.65. The van der Waals surface area contributed by atoms with E-state index in [0.717, 1.165) is 32.1 Å². The molecular weight excluding hydrogens is 322 g/mol. The molecule has 0 radical (unpaired) electrons. The lowest BCUT2D eigenvalue weighted by Gasteiger charge is -2.15. The van der Waals surface area contributed by atoms with Crippen molar-refractivity contribution in [3.63, 3.8) is 0 Å².